The lowest BCUT2D eigenvalue weighted by Gasteiger charge is -2.00. The predicted molar refractivity (Wildman–Crippen MR) is 89.7 cm³/mol. The Balaban J connectivity index is 1.85. The molecule has 0 saturated carbocycles. The monoisotopic (exact) mass is 311 g/mol. The molecule has 0 aliphatic heterocycles. The first kappa shape index (κ1) is 14.4. The maximum absolute atomic E-state index is 12.2. The zero-order valence-corrected chi connectivity index (χ0v) is 12.7. The number of fused-ring (bicyclic) bond motifs is 1. The summed E-state index contributed by atoms with van der Waals surface area (Å²) in [6, 6.07) is 14.7. The Morgan fingerprint density at radius 3 is 2.55 bits per heavy atom. The number of nitrogens with one attached hydrogen (secondary N) is 1. The van der Waals surface area contributed by atoms with Crippen molar-refractivity contribution >= 4 is 34.4 Å². The van der Waals surface area contributed by atoms with E-state index in [2.05, 4.69) is 4.98 Å². The van der Waals surface area contributed by atoms with Crippen LogP contribution in [0.3, 0.4) is 0 Å². The topological polar surface area (TPSA) is 42.1 Å². The summed E-state index contributed by atoms with van der Waals surface area (Å²) in [5, 5.41) is 1.56. The number of ether oxygens (including phenoxy) is 1. The van der Waals surface area contributed by atoms with E-state index in [1.165, 1.54) is 6.08 Å². The minimum atomic E-state index is -0.0858. The van der Waals surface area contributed by atoms with Crippen LogP contribution in [0.2, 0.25) is 5.02 Å². The minimum Gasteiger partial charge on any atom is -0.497 e. The van der Waals surface area contributed by atoms with E-state index in [1.54, 1.807) is 37.5 Å². The number of hydrogen-bond acceptors (Lipinski definition) is 2. The molecule has 0 amide bonds. The Morgan fingerprint density at radius 1 is 1.14 bits per heavy atom. The molecule has 3 nitrogen and oxygen atoms in total. The summed E-state index contributed by atoms with van der Waals surface area (Å²) in [6.07, 6.45) is 3.22. The SMILES string of the molecule is COc1ccc(C(=O)/C=C/c2[nH]c3ccccc3c2Cl)cc1. The Morgan fingerprint density at radius 2 is 1.86 bits per heavy atom. The van der Waals surface area contributed by atoms with Crippen LogP contribution >= 0.6 is 11.6 Å². The average molecular weight is 312 g/mol. The molecular formula is C18H14ClNO2. The molecule has 1 aromatic heterocycles. The van der Waals surface area contributed by atoms with Gasteiger partial charge in [0.15, 0.2) is 5.78 Å². The van der Waals surface area contributed by atoms with E-state index in [4.69, 9.17) is 16.3 Å². The molecule has 3 aromatic rings. The normalized spacial score (nSPS) is 11.2. The standard InChI is InChI=1S/C18H14ClNO2/c1-22-13-8-6-12(7-9-13)17(21)11-10-16-18(19)14-4-2-3-5-15(14)20-16/h2-11,20H,1H3/b11-10+. The first-order valence-corrected chi connectivity index (χ1v) is 7.19. The molecule has 2 aromatic carbocycles. The van der Waals surface area contributed by atoms with Crippen molar-refractivity contribution in [2.24, 2.45) is 0 Å². The van der Waals surface area contributed by atoms with E-state index < -0.39 is 0 Å². The first-order chi connectivity index (χ1) is 10.7. The quantitative estimate of drug-likeness (QED) is 0.559. The summed E-state index contributed by atoms with van der Waals surface area (Å²) in [6.45, 7) is 0. The summed E-state index contributed by atoms with van der Waals surface area (Å²) in [4.78, 5) is 15.4. The molecule has 0 radical (unpaired) electrons. The maximum atomic E-state index is 12.2. The second kappa shape index (κ2) is 6.08. The third-order valence-corrected chi connectivity index (χ3v) is 3.85. The summed E-state index contributed by atoms with van der Waals surface area (Å²) in [5.41, 5.74) is 2.28. The molecule has 0 spiro atoms. The van der Waals surface area contributed by atoms with E-state index in [0.29, 0.717) is 10.6 Å². The number of ketones is 1. The number of rotatable bonds is 4. The molecule has 110 valence electrons. The van der Waals surface area contributed by atoms with E-state index >= 15 is 0 Å². The lowest BCUT2D eigenvalue weighted by molar-refractivity contribution is 0.104. The van der Waals surface area contributed by atoms with Crippen LogP contribution in [0, 0.1) is 0 Å². The number of methoxy groups -OCH3 is 1. The third kappa shape index (κ3) is 2.76. The molecule has 0 aliphatic carbocycles. The van der Waals surface area contributed by atoms with Gasteiger partial charge in [-0.25, -0.2) is 0 Å². The van der Waals surface area contributed by atoms with Crippen LogP contribution in [-0.4, -0.2) is 17.9 Å². The zero-order valence-electron chi connectivity index (χ0n) is 12.0. The fourth-order valence-electron chi connectivity index (χ4n) is 2.25. The van der Waals surface area contributed by atoms with Gasteiger partial charge in [-0.2, -0.15) is 0 Å². The summed E-state index contributed by atoms with van der Waals surface area (Å²) in [7, 11) is 1.59. The molecule has 3 rings (SSSR count). The number of aromatic amines is 1. The van der Waals surface area contributed by atoms with Crippen LogP contribution < -0.4 is 4.74 Å². The molecular weight excluding hydrogens is 298 g/mol. The summed E-state index contributed by atoms with van der Waals surface area (Å²) < 4.78 is 5.08. The first-order valence-electron chi connectivity index (χ1n) is 6.81. The number of benzene rings is 2. The zero-order chi connectivity index (χ0) is 15.5. The van der Waals surface area contributed by atoms with Crippen LogP contribution in [0.4, 0.5) is 0 Å². The van der Waals surface area contributed by atoms with Crippen LogP contribution in [-0.2, 0) is 0 Å². The fourth-order valence-corrected chi connectivity index (χ4v) is 2.53. The molecule has 1 N–H and O–H groups in total. The summed E-state index contributed by atoms with van der Waals surface area (Å²) >= 11 is 6.32. The Labute approximate surface area is 133 Å². The van der Waals surface area contributed by atoms with Gasteiger partial charge in [-0.1, -0.05) is 29.8 Å². The number of hydrogen-bond donors (Lipinski definition) is 1. The number of carbonyl (C=O) groups is 1. The van der Waals surface area contributed by atoms with E-state index in [-0.39, 0.29) is 5.78 Å². The predicted octanol–water partition coefficient (Wildman–Crippen LogP) is 4.73. The van der Waals surface area contributed by atoms with Crippen LogP contribution in [0.5, 0.6) is 5.75 Å². The van der Waals surface area contributed by atoms with Gasteiger partial charge in [-0.3, -0.25) is 4.79 Å². The molecule has 4 heteroatoms. The lowest BCUT2D eigenvalue weighted by atomic mass is 10.1. The average Bonchev–Trinajstić information content (AvgIpc) is 2.89. The fraction of sp³-hybridized carbons (Fsp3) is 0.0556. The van der Waals surface area contributed by atoms with Gasteiger partial charge >= 0.3 is 0 Å². The number of carbonyl (C=O) groups excluding carboxylic acids is 1. The van der Waals surface area contributed by atoms with Gasteiger partial charge in [-0.15, -0.1) is 0 Å². The molecule has 0 saturated heterocycles. The van der Waals surface area contributed by atoms with Crippen LogP contribution in [0.1, 0.15) is 16.1 Å². The Hall–Kier alpha value is -2.52. The van der Waals surface area contributed by atoms with Gasteiger partial charge in [-0.05, 0) is 42.5 Å². The van der Waals surface area contributed by atoms with Crippen molar-refractivity contribution in [1.29, 1.82) is 0 Å². The largest absolute Gasteiger partial charge is 0.497 e. The van der Waals surface area contributed by atoms with Crippen molar-refractivity contribution in [3.8, 4) is 5.75 Å². The number of para-hydroxylation sites is 1. The van der Waals surface area contributed by atoms with Gasteiger partial charge in [0.05, 0.1) is 17.8 Å². The number of halogens is 1. The number of aromatic nitrogens is 1. The van der Waals surface area contributed by atoms with Gasteiger partial charge in [0.2, 0.25) is 0 Å². The highest BCUT2D eigenvalue weighted by molar-refractivity contribution is 6.37. The Bertz CT molecular complexity index is 847. The van der Waals surface area contributed by atoms with Crippen molar-refractivity contribution in [3.63, 3.8) is 0 Å². The summed E-state index contributed by atoms with van der Waals surface area (Å²) in [5.74, 6) is 0.636. The van der Waals surface area contributed by atoms with Gasteiger partial charge in [0.1, 0.15) is 5.75 Å². The second-order valence-corrected chi connectivity index (χ2v) is 5.20. The van der Waals surface area contributed by atoms with Crippen molar-refractivity contribution < 1.29 is 9.53 Å². The molecule has 22 heavy (non-hydrogen) atoms. The molecule has 0 fully saturated rings. The lowest BCUT2D eigenvalue weighted by Crippen LogP contribution is -1.94. The minimum absolute atomic E-state index is 0.0858. The highest BCUT2D eigenvalue weighted by Gasteiger charge is 2.07. The smallest absolute Gasteiger partial charge is 0.185 e. The molecule has 0 unspecified atom stereocenters. The van der Waals surface area contributed by atoms with Crippen molar-refractivity contribution in [3.05, 3.63) is 70.9 Å². The third-order valence-electron chi connectivity index (χ3n) is 3.45. The van der Waals surface area contributed by atoms with Gasteiger partial charge < -0.3 is 9.72 Å². The maximum Gasteiger partial charge on any atom is 0.185 e. The van der Waals surface area contributed by atoms with Crippen molar-refractivity contribution in [1.82, 2.24) is 4.98 Å². The number of allylic oxidation sites excluding steroid dienone is 1. The van der Waals surface area contributed by atoms with Crippen LogP contribution in [0.15, 0.2) is 54.6 Å². The van der Waals surface area contributed by atoms with Gasteiger partial charge in [0, 0.05) is 16.5 Å². The Kier molecular flexibility index (Phi) is 3.98. The van der Waals surface area contributed by atoms with Crippen molar-refractivity contribution in [2.75, 3.05) is 7.11 Å². The number of H-pyrrole nitrogens is 1. The van der Waals surface area contributed by atoms with E-state index in [0.717, 1.165) is 22.3 Å². The van der Waals surface area contributed by atoms with Crippen LogP contribution in [0.25, 0.3) is 17.0 Å². The molecule has 1 heterocycles. The van der Waals surface area contributed by atoms with E-state index in [1.807, 2.05) is 24.3 Å². The van der Waals surface area contributed by atoms with Gasteiger partial charge in [0.25, 0.3) is 0 Å². The highest BCUT2D eigenvalue weighted by Crippen LogP contribution is 2.28. The highest BCUT2D eigenvalue weighted by atomic mass is 35.5. The molecule has 0 atom stereocenters. The molecule has 0 bridgehead atoms. The van der Waals surface area contributed by atoms with E-state index in [9.17, 15) is 4.79 Å². The second-order valence-electron chi connectivity index (χ2n) is 4.82. The molecule has 0 aliphatic rings. The van der Waals surface area contributed by atoms with Crippen molar-refractivity contribution in [2.45, 2.75) is 0 Å².